The molecule has 0 spiro atoms. The van der Waals surface area contributed by atoms with Crippen LogP contribution in [0.2, 0.25) is 0 Å². The molecule has 5 N–H and O–H groups in total. The molecular weight excluding hydrogens is 505 g/mol. The number of rotatable bonds is 16. The molecule has 0 heterocycles. The maximum atomic E-state index is 11.9. The zero-order valence-electron chi connectivity index (χ0n) is 21.6. The van der Waals surface area contributed by atoms with Gasteiger partial charge in [0.1, 0.15) is 17.6 Å². The first-order valence-electron chi connectivity index (χ1n) is 12.0. The van der Waals surface area contributed by atoms with Crippen LogP contribution in [0.1, 0.15) is 56.3 Å². The molecular formula is C26H36N3NaO6S. The van der Waals surface area contributed by atoms with E-state index in [-0.39, 0.29) is 60.8 Å². The van der Waals surface area contributed by atoms with E-state index in [0.717, 1.165) is 30.4 Å². The van der Waals surface area contributed by atoms with Crippen molar-refractivity contribution in [3.63, 3.8) is 0 Å². The summed E-state index contributed by atoms with van der Waals surface area (Å²) in [6.45, 7) is 2.66. The molecule has 2 aromatic rings. The van der Waals surface area contributed by atoms with E-state index in [4.69, 9.17) is 20.9 Å². The Kier molecular flexibility index (Phi) is 15.5. The molecule has 2 rings (SSSR count). The first kappa shape index (κ1) is 32.9. The molecule has 0 saturated carbocycles. The van der Waals surface area contributed by atoms with Crippen molar-refractivity contribution in [3.05, 3.63) is 71.8 Å². The van der Waals surface area contributed by atoms with Crippen LogP contribution in [0.5, 0.6) is 11.5 Å². The van der Waals surface area contributed by atoms with E-state index in [2.05, 4.69) is 11.9 Å². The quantitative estimate of drug-likeness (QED) is 0.0701. The molecule has 0 radical (unpaired) electrons. The maximum absolute atomic E-state index is 11.9. The maximum Gasteiger partial charge on any atom is 1.00 e. The molecule has 0 aliphatic carbocycles. The summed E-state index contributed by atoms with van der Waals surface area (Å²) >= 11 is 0. The third-order valence-corrected chi connectivity index (χ3v) is 6.79. The zero-order chi connectivity index (χ0) is 26.4. The molecule has 0 aliphatic rings. The van der Waals surface area contributed by atoms with Crippen molar-refractivity contribution in [1.82, 2.24) is 0 Å². The van der Waals surface area contributed by atoms with Crippen molar-refractivity contribution in [3.8, 4) is 11.5 Å². The fourth-order valence-electron chi connectivity index (χ4n) is 3.48. The number of allylic oxidation sites excluding steroid dienone is 1. The van der Waals surface area contributed by atoms with E-state index in [9.17, 15) is 18.1 Å². The number of phenols is 1. The van der Waals surface area contributed by atoms with Gasteiger partial charge in [0.15, 0.2) is 12.7 Å². The molecule has 0 aromatic heterocycles. The topological polar surface area (TPSA) is 160 Å². The molecule has 2 aromatic carbocycles. The fourth-order valence-corrected chi connectivity index (χ4v) is 4.24. The van der Waals surface area contributed by atoms with Crippen LogP contribution in [0, 0.1) is 0 Å². The van der Waals surface area contributed by atoms with Gasteiger partial charge in [0.2, 0.25) is 0 Å². The Labute approximate surface area is 242 Å². The molecule has 37 heavy (non-hydrogen) atoms. The normalized spacial score (nSPS) is 13.0. The summed E-state index contributed by atoms with van der Waals surface area (Å²) in [5.41, 5.74) is 12.2. The number of aryl methyl sites for hydroxylation is 1. The number of aromatic hydroxyl groups is 1. The predicted molar refractivity (Wildman–Crippen MR) is 140 cm³/mol. The van der Waals surface area contributed by atoms with Gasteiger partial charge in [-0.05, 0) is 61.1 Å². The fraction of sp³-hybridized carbons (Fsp3) is 0.423. The van der Waals surface area contributed by atoms with Crippen LogP contribution in [0.3, 0.4) is 0 Å². The van der Waals surface area contributed by atoms with Crippen molar-refractivity contribution in [1.29, 1.82) is 0 Å². The first-order valence-corrected chi connectivity index (χ1v) is 13.4. The van der Waals surface area contributed by atoms with Gasteiger partial charge in [-0.3, -0.25) is 0 Å². The predicted octanol–water partition coefficient (Wildman–Crippen LogP) is 0.747. The van der Waals surface area contributed by atoms with E-state index < -0.39 is 21.5 Å². The molecule has 198 valence electrons. The minimum absolute atomic E-state index is 0. The number of nitrogens with zero attached hydrogens (tertiary/aromatic N) is 1. The Morgan fingerprint density at radius 3 is 2.38 bits per heavy atom. The number of phenolic OH excluding ortho intramolecular Hbond substituents is 1. The standard InChI is InChI=1S/C26H37N3O6S.Na/c1-2-3-4-18-34-25(21-11-13-22(30)14-12-21)7-5-6-24(36(31,32)33)17-10-20-8-15-23(16-9-20)35-19-29-26(27)28;/h5,7-9,11-16,24-25,30H,2-4,6,10,17-19H2,1H3,(H4,27,28,29)(H,31,32,33);/q;+1/p-1/b7-5+;/t24-,25+;/m0./s1. The molecule has 0 saturated heterocycles. The number of hydrogen-bond acceptors (Lipinski definition) is 7. The van der Waals surface area contributed by atoms with E-state index in [1.54, 1.807) is 60.7 Å². The summed E-state index contributed by atoms with van der Waals surface area (Å²) in [6, 6.07) is 13.8. The average molecular weight is 542 g/mol. The number of benzene rings is 2. The second-order valence-electron chi connectivity index (χ2n) is 8.41. The Bertz CT molecular complexity index is 1070. The summed E-state index contributed by atoms with van der Waals surface area (Å²) in [6.07, 6.45) is 6.79. The van der Waals surface area contributed by atoms with Crippen LogP contribution in [0.4, 0.5) is 0 Å². The summed E-state index contributed by atoms with van der Waals surface area (Å²) < 4.78 is 47.1. The molecule has 0 bridgehead atoms. The van der Waals surface area contributed by atoms with Gasteiger partial charge in [0.05, 0.1) is 15.4 Å². The number of guanidine groups is 1. The molecule has 0 amide bonds. The van der Waals surface area contributed by atoms with Gasteiger partial charge in [-0.25, -0.2) is 13.4 Å². The van der Waals surface area contributed by atoms with Gasteiger partial charge in [0, 0.05) is 6.61 Å². The smallest absolute Gasteiger partial charge is 0.748 e. The van der Waals surface area contributed by atoms with Gasteiger partial charge >= 0.3 is 29.6 Å². The summed E-state index contributed by atoms with van der Waals surface area (Å²) in [7, 11) is -4.49. The monoisotopic (exact) mass is 541 g/mol. The third kappa shape index (κ3) is 13.3. The SMILES string of the molecule is CCCCCO[C@H](/C=C/C[C@@H](CCc1ccc(OCN=C(N)N)cc1)S(=O)(=O)[O-])c1ccc(O)cc1.[Na+]. The summed E-state index contributed by atoms with van der Waals surface area (Å²) in [5, 5.41) is 8.50. The summed E-state index contributed by atoms with van der Waals surface area (Å²) in [5.74, 6) is 0.653. The van der Waals surface area contributed by atoms with E-state index in [1.807, 2.05) is 0 Å². The van der Waals surface area contributed by atoms with Crippen LogP contribution in [-0.2, 0) is 21.3 Å². The molecule has 0 aliphatic heterocycles. The van der Waals surface area contributed by atoms with Gasteiger partial charge in [-0.2, -0.15) is 0 Å². The van der Waals surface area contributed by atoms with Crippen molar-refractivity contribution >= 4 is 16.1 Å². The van der Waals surface area contributed by atoms with Crippen molar-refractivity contribution in [2.24, 2.45) is 16.5 Å². The Morgan fingerprint density at radius 2 is 1.78 bits per heavy atom. The van der Waals surface area contributed by atoms with Crippen LogP contribution in [-0.4, -0.2) is 42.6 Å². The second-order valence-corrected chi connectivity index (χ2v) is 10.1. The molecule has 9 nitrogen and oxygen atoms in total. The van der Waals surface area contributed by atoms with E-state index in [0.29, 0.717) is 18.8 Å². The van der Waals surface area contributed by atoms with E-state index in [1.165, 1.54) is 0 Å². The zero-order valence-corrected chi connectivity index (χ0v) is 24.4. The van der Waals surface area contributed by atoms with Crippen LogP contribution < -0.4 is 45.8 Å². The minimum atomic E-state index is -4.49. The van der Waals surface area contributed by atoms with Crippen LogP contribution in [0.15, 0.2) is 65.7 Å². The average Bonchev–Trinajstić information content (AvgIpc) is 2.83. The second kappa shape index (κ2) is 17.4. The van der Waals surface area contributed by atoms with Gasteiger partial charge in [-0.1, -0.05) is 56.2 Å². The number of unbranched alkanes of at least 4 members (excludes halogenated alkanes) is 2. The Hall–Kier alpha value is -2.08. The molecule has 11 heteroatoms. The van der Waals surface area contributed by atoms with Gasteiger partial charge in [-0.15, -0.1) is 0 Å². The number of hydrogen-bond donors (Lipinski definition) is 3. The largest absolute Gasteiger partial charge is 1.00 e. The number of nitrogens with two attached hydrogens (primary N) is 2. The Morgan fingerprint density at radius 1 is 1.11 bits per heavy atom. The van der Waals surface area contributed by atoms with Crippen molar-refractivity contribution in [2.75, 3.05) is 13.3 Å². The molecule has 0 fully saturated rings. The van der Waals surface area contributed by atoms with Crippen LogP contribution >= 0.6 is 0 Å². The Balaban J connectivity index is 0.00000684. The van der Waals surface area contributed by atoms with Crippen molar-refractivity contribution in [2.45, 2.75) is 56.8 Å². The van der Waals surface area contributed by atoms with E-state index >= 15 is 0 Å². The first-order chi connectivity index (χ1) is 17.2. The van der Waals surface area contributed by atoms with Gasteiger partial charge in [0.25, 0.3) is 0 Å². The minimum Gasteiger partial charge on any atom is -0.748 e. The van der Waals surface area contributed by atoms with Crippen molar-refractivity contribution < 1.29 is 57.1 Å². The number of ether oxygens (including phenoxy) is 2. The van der Waals surface area contributed by atoms with Crippen LogP contribution in [0.25, 0.3) is 0 Å². The third-order valence-electron chi connectivity index (χ3n) is 5.54. The summed E-state index contributed by atoms with van der Waals surface area (Å²) in [4.78, 5) is 3.74. The molecule has 0 unspecified atom stereocenters. The number of aliphatic imine (C=N–C) groups is 1. The van der Waals surface area contributed by atoms with Gasteiger partial charge < -0.3 is 30.6 Å². The molecule has 2 atom stereocenters.